The Balaban J connectivity index is 1.96. The molecule has 0 aliphatic heterocycles. The van der Waals surface area contributed by atoms with E-state index >= 15 is 0 Å². The molecule has 0 unspecified atom stereocenters. The summed E-state index contributed by atoms with van der Waals surface area (Å²) in [4.78, 5) is 11.8. The molecular weight excluding hydrogens is 361 g/mol. The summed E-state index contributed by atoms with van der Waals surface area (Å²) in [6, 6.07) is 9.50. The van der Waals surface area contributed by atoms with Gasteiger partial charge in [-0.15, -0.1) is 0 Å². The topological polar surface area (TPSA) is 38.3 Å². The highest BCUT2D eigenvalue weighted by Gasteiger charge is 2.09. The quantitative estimate of drug-likeness (QED) is 0.854. The first-order valence-corrected chi connectivity index (χ1v) is 7.26. The van der Waals surface area contributed by atoms with Crippen molar-refractivity contribution in [3.63, 3.8) is 0 Å². The van der Waals surface area contributed by atoms with Crippen LogP contribution in [0.3, 0.4) is 0 Å². The third-order valence-corrected chi connectivity index (χ3v) is 3.44. The van der Waals surface area contributed by atoms with E-state index in [-0.39, 0.29) is 18.3 Å². The van der Waals surface area contributed by atoms with Gasteiger partial charge in [0.15, 0.2) is 18.2 Å². The van der Waals surface area contributed by atoms with E-state index in [0.717, 1.165) is 5.56 Å². The van der Waals surface area contributed by atoms with Crippen molar-refractivity contribution in [2.24, 2.45) is 0 Å². The normalized spacial score (nSPS) is 10.3. The minimum atomic E-state index is -0.528. The third-order valence-electron chi connectivity index (χ3n) is 2.72. The van der Waals surface area contributed by atoms with Crippen molar-refractivity contribution in [1.82, 2.24) is 0 Å². The Morgan fingerprint density at radius 3 is 2.76 bits per heavy atom. The number of benzene rings is 2. The molecule has 0 aliphatic rings. The van der Waals surface area contributed by atoms with Gasteiger partial charge < -0.3 is 10.1 Å². The van der Waals surface area contributed by atoms with Crippen LogP contribution in [0.1, 0.15) is 5.56 Å². The molecule has 0 saturated heterocycles. The summed E-state index contributed by atoms with van der Waals surface area (Å²) in [7, 11) is 0. The predicted molar refractivity (Wildman–Crippen MR) is 84.4 cm³/mol. The highest BCUT2D eigenvalue weighted by Crippen LogP contribution is 2.22. The average Bonchev–Trinajstić information content (AvgIpc) is 2.41. The van der Waals surface area contributed by atoms with Crippen molar-refractivity contribution in [1.29, 1.82) is 0 Å². The SMILES string of the molecule is Cc1cc(Cl)ccc1NC(=O)COc1ccc(Br)cc1F. The molecule has 0 saturated carbocycles. The smallest absolute Gasteiger partial charge is 0.262 e. The minimum absolute atomic E-state index is 0.0289. The summed E-state index contributed by atoms with van der Waals surface area (Å²) < 4.78 is 19.3. The fraction of sp³-hybridized carbons (Fsp3) is 0.133. The highest BCUT2D eigenvalue weighted by molar-refractivity contribution is 9.10. The molecule has 2 rings (SSSR count). The maximum absolute atomic E-state index is 13.5. The van der Waals surface area contributed by atoms with Crippen LogP contribution in [0.4, 0.5) is 10.1 Å². The molecule has 0 aromatic heterocycles. The van der Waals surface area contributed by atoms with Crippen LogP contribution in [0.25, 0.3) is 0 Å². The predicted octanol–water partition coefficient (Wildman–Crippen LogP) is 4.57. The lowest BCUT2D eigenvalue weighted by molar-refractivity contribution is -0.118. The van der Waals surface area contributed by atoms with Gasteiger partial charge in [-0.1, -0.05) is 27.5 Å². The van der Waals surface area contributed by atoms with Gasteiger partial charge in [-0.25, -0.2) is 4.39 Å². The lowest BCUT2D eigenvalue weighted by Crippen LogP contribution is -2.20. The van der Waals surface area contributed by atoms with Crippen molar-refractivity contribution in [3.8, 4) is 5.75 Å². The number of carbonyl (C=O) groups excluding carboxylic acids is 1. The zero-order valence-electron chi connectivity index (χ0n) is 11.1. The summed E-state index contributed by atoms with van der Waals surface area (Å²) >= 11 is 8.99. The third kappa shape index (κ3) is 4.44. The standard InChI is InChI=1S/C15H12BrClFNO2/c1-9-6-11(17)3-4-13(9)19-15(20)8-21-14-5-2-10(16)7-12(14)18/h2-7H,8H2,1H3,(H,19,20). The van der Waals surface area contributed by atoms with Gasteiger partial charge >= 0.3 is 0 Å². The van der Waals surface area contributed by atoms with Crippen LogP contribution in [-0.2, 0) is 4.79 Å². The molecule has 0 atom stereocenters. The van der Waals surface area contributed by atoms with Gasteiger partial charge in [0, 0.05) is 15.2 Å². The van der Waals surface area contributed by atoms with Crippen molar-refractivity contribution in [3.05, 3.63) is 57.3 Å². The molecule has 21 heavy (non-hydrogen) atoms. The van der Waals surface area contributed by atoms with Crippen LogP contribution in [0, 0.1) is 12.7 Å². The van der Waals surface area contributed by atoms with Crippen LogP contribution < -0.4 is 10.1 Å². The summed E-state index contributed by atoms with van der Waals surface area (Å²) in [6.07, 6.45) is 0. The largest absolute Gasteiger partial charge is 0.481 e. The number of ether oxygens (including phenoxy) is 1. The van der Waals surface area contributed by atoms with E-state index in [1.807, 2.05) is 6.92 Å². The first-order chi connectivity index (χ1) is 9.95. The van der Waals surface area contributed by atoms with Crippen molar-refractivity contribution >= 4 is 39.1 Å². The fourth-order valence-electron chi connectivity index (χ4n) is 1.69. The van der Waals surface area contributed by atoms with Crippen LogP contribution >= 0.6 is 27.5 Å². The number of amides is 1. The van der Waals surface area contributed by atoms with E-state index in [9.17, 15) is 9.18 Å². The van der Waals surface area contributed by atoms with Gasteiger partial charge in [0.1, 0.15) is 0 Å². The van der Waals surface area contributed by atoms with Crippen LogP contribution in [0.5, 0.6) is 5.75 Å². The Morgan fingerprint density at radius 1 is 1.33 bits per heavy atom. The molecular formula is C15H12BrClFNO2. The van der Waals surface area contributed by atoms with Crippen LogP contribution in [0.2, 0.25) is 5.02 Å². The first kappa shape index (κ1) is 15.8. The Kier molecular flexibility index (Phi) is 5.20. The number of anilines is 1. The van der Waals surface area contributed by atoms with E-state index < -0.39 is 5.82 Å². The second kappa shape index (κ2) is 6.91. The second-order valence-corrected chi connectivity index (χ2v) is 5.72. The van der Waals surface area contributed by atoms with Crippen LogP contribution in [0.15, 0.2) is 40.9 Å². The monoisotopic (exact) mass is 371 g/mol. The minimum Gasteiger partial charge on any atom is -0.481 e. The van der Waals surface area contributed by atoms with Crippen molar-refractivity contribution in [2.75, 3.05) is 11.9 Å². The maximum atomic E-state index is 13.5. The lowest BCUT2D eigenvalue weighted by Gasteiger charge is -2.10. The number of carbonyl (C=O) groups is 1. The molecule has 0 heterocycles. The van der Waals surface area contributed by atoms with Gasteiger partial charge in [0.2, 0.25) is 0 Å². The zero-order chi connectivity index (χ0) is 15.4. The van der Waals surface area contributed by atoms with E-state index in [4.69, 9.17) is 16.3 Å². The first-order valence-electron chi connectivity index (χ1n) is 6.09. The van der Waals surface area contributed by atoms with Gasteiger partial charge in [-0.05, 0) is 48.9 Å². The maximum Gasteiger partial charge on any atom is 0.262 e. The molecule has 2 aromatic carbocycles. The molecule has 3 nitrogen and oxygen atoms in total. The molecule has 0 aliphatic carbocycles. The number of aryl methyl sites for hydroxylation is 1. The summed E-state index contributed by atoms with van der Waals surface area (Å²) in [6.45, 7) is 1.55. The van der Waals surface area contributed by atoms with Gasteiger partial charge in [-0.3, -0.25) is 4.79 Å². The van der Waals surface area contributed by atoms with E-state index in [2.05, 4.69) is 21.2 Å². The molecule has 1 amide bonds. The summed E-state index contributed by atoms with van der Waals surface area (Å²) in [5.41, 5.74) is 1.48. The van der Waals surface area contributed by atoms with E-state index in [0.29, 0.717) is 15.2 Å². The number of halogens is 3. The number of nitrogens with one attached hydrogen (secondary N) is 1. The van der Waals surface area contributed by atoms with Crippen LogP contribution in [-0.4, -0.2) is 12.5 Å². The second-order valence-electron chi connectivity index (χ2n) is 4.37. The molecule has 6 heteroatoms. The molecule has 0 bridgehead atoms. The lowest BCUT2D eigenvalue weighted by atomic mass is 10.2. The molecule has 2 aromatic rings. The highest BCUT2D eigenvalue weighted by atomic mass is 79.9. The fourth-order valence-corrected chi connectivity index (χ4v) is 2.25. The van der Waals surface area contributed by atoms with Crippen molar-refractivity contribution in [2.45, 2.75) is 6.92 Å². The summed E-state index contributed by atoms with van der Waals surface area (Å²) in [5, 5.41) is 3.28. The molecule has 110 valence electrons. The number of hydrogen-bond donors (Lipinski definition) is 1. The van der Waals surface area contributed by atoms with Gasteiger partial charge in [-0.2, -0.15) is 0 Å². The zero-order valence-corrected chi connectivity index (χ0v) is 13.5. The number of rotatable bonds is 4. The molecule has 0 spiro atoms. The summed E-state index contributed by atoms with van der Waals surface area (Å²) in [5.74, 6) is -0.872. The Morgan fingerprint density at radius 2 is 2.10 bits per heavy atom. The van der Waals surface area contributed by atoms with Crippen molar-refractivity contribution < 1.29 is 13.9 Å². The Bertz CT molecular complexity index is 679. The van der Waals surface area contributed by atoms with Gasteiger partial charge in [0.25, 0.3) is 5.91 Å². The number of hydrogen-bond acceptors (Lipinski definition) is 2. The Hall–Kier alpha value is -1.59. The molecule has 1 N–H and O–H groups in total. The molecule has 0 fully saturated rings. The Labute approximate surface area is 135 Å². The van der Waals surface area contributed by atoms with Gasteiger partial charge in [0.05, 0.1) is 0 Å². The van der Waals surface area contributed by atoms with E-state index in [1.165, 1.54) is 12.1 Å². The average molecular weight is 373 g/mol. The van der Waals surface area contributed by atoms with E-state index in [1.54, 1.807) is 24.3 Å². The molecule has 0 radical (unpaired) electrons.